The summed E-state index contributed by atoms with van der Waals surface area (Å²) in [6.07, 6.45) is 1.64. The number of hydrogen-bond donors (Lipinski definition) is 1. The summed E-state index contributed by atoms with van der Waals surface area (Å²) in [5.41, 5.74) is 2.03. The largest absolute Gasteiger partial charge is 0.490 e. The van der Waals surface area contributed by atoms with Gasteiger partial charge in [0.2, 0.25) is 0 Å². The van der Waals surface area contributed by atoms with Gasteiger partial charge in [0, 0.05) is 11.5 Å². The molecule has 7 heteroatoms. The van der Waals surface area contributed by atoms with Crippen LogP contribution in [0, 0.1) is 12.7 Å². The van der Waals surface area contributed by atoms with Gasteiger partial charge in [-0.3, -0.25) is 0 Å². The molecule has 3 aromatic rings. The predicted octanol–water partition coefficient (Wildman–Crippen LogP) is 4.36. The molecule has 0 aliphatic carbocycles. The van der Waals surface area contributed by atoms with Gasteiger partial charge in [0.15, 0.2) is 5.82 Å². The molecule has 1 atom stereocenters. The Bertz CT molecular complexity index is 947. The summed E-state index contributed by atoms with van der Waals surface area (Å²) in [6, 6.07) is 8.88. The molecule has 128 valence electrons. The fourth-order valence-corrected chi connectivity index (χ4v) is 2.89. The van der Waals surface area contributed by atoms with E-state index in [2.05, 4.69) is 31.2 Å². The molecule has 1 fully saturated rings. The number of hydrogen-bond acceptors (Lipinski definition) is 5. The van der Waals surface area contributed by atoms with Crippen LogP contribution in [0.25, 0.3) is 10.9 Å². The lowest BCUT2D eigenvalue weighted by Crippen LogP contribution is -2.05. The first-order chi connectivity index (χ1) is 12.1. The van der Waals surface area contributed by atoms with Gasteiger partial charge in [-0.05, 0) is 46.6 Å². The number of aryl methyl sites for hydroxylation is 1. The lowest BCUT2D eigenvalue weighted by molar-refractivity contribution is 0.262. The SMILES string of the molecule is Cc1cc2c(Nc3cccc(Br)c3F)ncnc2cc1OCC1CO1. The fraction of sp³-hybridized carbons (Fsp3) is 0.222. The molecule has 25 heavy (non-hydrogen) atoms. The lowest BCUT2D eigenvalue weighted by atomic mass is 10.1. The van der Waals surface area contributed by atoms with Crippen molar-refractivity contribution in [1.82, 2.24) is 9.97 Å². The van der Waals surface area contributed by atoms with Crippen molar-refractivity contribution >= 4 is 38.3 Å². The van der Waals surface area contributed by atoms with E-state index in [1.54, 1.807) is 18.2 Å². The number of aromatic nitrogens is 2. The molecule has 0 saturated carbocycles. The van der Waals surface area contributed by atoms with Crippen LogP contribution >= 0.6 is 15.9 Å². The van der Waals surface area contributed by atoms with Crippen molar-refractivity contribution in [2.24, 2.45) is 0 Å². The maximum absolute atomic E-state index is 14.2. The van der Waals surface area contributed by atoms with Crippen LogP contribution < -0.4 is 10.1 Å². The second-order valence-electron chi connectivity index (χ2n) is 5.85. The summed E-state index contributed by atoms with van der Waals surface area (Å²) >= 11 is 3.19. The maximum Gasteiger partial charge on any atom is 0.160 e. The van der Waals surface area contributed by atoms with Crippen LogP contribution in [-0.4, -0.2) is 29.3 Å². The van der Waals surface area contributed by atoms with Crippen molar-refractivity contribution in [3.05, 3.63) is 52.5 Å². The van der Waals surface area contributed by atoms with E-state index in [9.17, 15) is 4.39 Å². The van der Waals surface area contributed by atoms with Gasteiger partial charge in [-0.15, -0.1) is 0 Å². The third-order valence-corrected chi connectivity index (χ3v) is 4.58. The Labute approximate surface area is 152 Å². The minimum absolute atomic E-state index is 0.192. The molecular weight excluding hydrogens is 389 g/mol. The number of benzene rings is 2. The Morgan fingerprint density at radius 2 is 2.20 bits per heavy atom. The fourth-order valence-electron chi connectivity index (χ4n) is 2.52. The first kappa shape index (κ1) is 16.2. The van der Waals surface area contributed by atoms with E-state index in [4.69, 9.17) is 9.47 Å². The minimum atomic E-state index is -0.365. The molecule has 0 spiro atoms. The van der Waals surface area contributed by atoms with E-state index in [1.165, 1.54) is 6.33 Å². The monoisotopic (exact) mass is 403 g/mol. The Morgan fingerprint density at radius 1 is 1.36 bits per heavy atom. The van der Waals surface area contributed by atoms with Crippen LogP contribution in [0.2, 0.25) is 0 Å². The first-order valence-electron chi connectivity index (χ1n) is 7.82. The van der Waals surface area contributed by atoms with Crippen molar-refractivity contribution in [3.63, 3.8) is 0 Å². The average molecular weight is 404 g/mol. The van der Waals surface area contributed by atoms with Crippen LogP contribution in [0.1, 0.15) is 5.56 Å². The summed E-state index contributed by atoms with van der Waals surface area (Å²) in [5.74, 6) is 0.943. The summed E-state index contributed by atoms with van der Waals surface area (Å²) in [5, 5.41) is 3.85. The molecule has 2 heterocycles. The van der Waals surface area contributed by atoms with Gasteiger partial charge in [-0.25, -0.2) is 14.4 Å². The molecule has 1 aliphatic rings. The van der Waals surface area contributed by atoms with Crippen molar-refractivity contribution in [2.75, 3.05) is 18.5 Å². The summed E-state index contributed by atoms with van der Waals surface area (Å²) < 4.78 is 25.6. The highest BCUT2D eigenvalue weighted by atomic mass is 79.9. The van der Waals surface area contributed by atoms with E-state index >= 15 is 0 Å². The molecular formula is C18H15BrFN3O2. The molecule has 1 aliphatic heterocycles. The van der Waals surface area contributed by atoms with Crippen LogP contribution in [0.5, 0.6) is 5.75 Å². The number of halogens is 2. The molecule has 1 aromatic heterocycles. The molecule has 0 amide bonds. The molecule has 0 bridgehead atoms. The van der Waals surface area contributed by atoms with E-state index in [0.717, 1.165) is 28.8 Å². The standard InChI is InChI=1S/C18H15BrFN3O2/c1-10-5-12-15(6-16(10)25-8-11-7-24-11)21-9-22-18(12)23-14-4-2-3-13(19)17(14)20/h2-6,9,11H,7-8H2,1H3,(H,21,22,23). The van der Waals surface area contributed by atoms with Gasteiger partial charge >= 0.3 is 0 Å². The quantitative estimate of drug-likeness (QED) is 0.641. The number of nitrogens with one attached hydrogen (secondary N) is 1. The van der Waals surface area contributed by atoms with Gasteiger partial charge in [0.05, 0.1) is 22.3 Å². The van der Waals surface area contributed by atoms with Crippen molar-refractivity contribution in [1.29, 1.82) is 0 Å². The lowest BCUT2D eigenvalue weighted by Gasteiger charge is -2.13. The molecule has 1 N–H and O–H groups in total. The van der Waals surface area contributed by atoms with Gasteiger partial charge in [-0.2, -0.15) is 0 Å². The zero-order valence-corrected chi connectivity index (χ0v) is 15.0. The number of epoxide rings is 1. The zero-order chi connectivity index (χ0) is 17.4. The number of fused-ring (bicyclic) bond motifs is 1. The van der Waals surface area contributed by atoms with Crippen molar-refractivity contribution < 1.29 is 13.9 Å². The smallest absolute Gasteiger partial charge is 0.160 e. The molecule has 2 aromatic carbocycles. The van der Waals surface area contributed by atoms with Crippen LogP contribution in [0.4, 0.5) is 15.9 Å². The van der Waals surface area contributed by atoms with Gasteiger partial charge in [-0.1, -0.05) is 6.07 Å². The van der Waals surface area contributed by atoms with Gasteiger partial charge < -0.3 is 14.8 Å². The van der Waals surface area contributed by atoms with Crippen molar-refractivity contribution in [2.45, 2.75) is 13.0 Å². The minimum Gasteiger partial charge on any atom is -0.490 e. The van der Waals surface area contributed by atoms with Crippen LogP contribution in [-0.2, 0) is 4.74 Å². The topological polar surface area (TPSA) is 59.6 Å². The number of nitrogens with zero attached hydrogens (tertiary/aromatic N) is 2. The van der Waals surface area contributed by atoms with E-state index in [-0.39, 0.29) is 11.9 Å². The molecule has 1 unspecified atom stereocenters. The normalized spacial score (nSPS) is 16.0. The first-order valence-corrected chi connectivity index (χ1v) is 8.62. The molecule has 1 saturated heterocycles. The second kappa shape index (κ2) is 6.57. The average Bonchev–Trinajstić information content (AvgIpc) is 3.42. The van der Waals surface area contributed by atoms with E-state index in [1.807, 2.05) is 19.1 Å². The van der Waals surface area contributed by atoms with E-state index in [0.29, 0.717) is 22.6 Å². The Balaban J connectivity index is 1.69. The highest BCUT2D eigenvalue weighted by Gasteiger charge is 2.23. The van der Waals surface area contributed by atoms with E-state index < -0.39 is 0 Å². The molecule has 5 nitrogen and oxygen atoms in total. The molecule has 4 rings (SSSR count). The summed E-state index contributed by atoms with van der Waals surface area (Å²) in [6.45, 7) is 3.24. The summed E-state index contributed by atoms with van der Waals surface area (Å²) in [7, 11) is 0. The summed E-state index contributed by atoms with van der Waals surface area (Å²) in [4.78, 5) is 8.57. The highest BCUT2D eigenvalue weighted by molar-refractivity contribution is 9.10. The second-order valence-corrected chi connectivity index (χ2v) is 6.70. The Hall–Kier alpha value is -2.25. The number of anilines is 2. The Kier molecular flexibility index (Phi) is 4.27. The predicted molar refractivity (Wildman–Crippen MR) is 96.9 cm³/mol. The van der Waals surface area contributed by atoms with Crippen LogP contribution in [0.15, 0.2) is 41.1 Å². The molecule has 0 radical (unpaired) electrons. The Morgan fingerprint density at radius 3 is 3.00 bits per heavy atom. The zero-order valence-electron chi connectivity index (χ0n) is 13.4. The highest BCUT2D eigenvalue weighted by Crippen LogP contribution is 2.31. The number of rotatable bonds is 5. The van der Waals surface area contributed by atoms with Crippen LogP contribution in [0.3, 0.4) is 0 Å². The van der Waals surface area contributed by atoms with Crippen molar-refractivity contribution in [3.8, 4) is 5.75 Å². The number of ether oxygens (including phenoxy) is 2. The third kappa shape index (κ3) is 3.43. The maximum atomic E-state index is 14.2. The third-order valence-electron chi connectivity index (χ3n) is 3.96. The van der Waals surface area contributed by atoms with Gasteiger partial charge in [0.25, 0.3) is 0 Å². The van der Waals surface area contributed by atoms with Gasteiger partial charge in [0.1, 0.15) is 30.6 Å².